The third-order valence-corrected chi connectivity index (χ3v) is 5.41. The monoisotopic (exact) mass is 273 g/mol. The van der Waals surface area contributed by atoms with Crippen molar-refractivity contribution in [1.29, 1.82) is 0 Å². The van der Waals surface area contributed by atoms with Gasteiger partial charge in [0.15, 0.2) is 15.8 Å². The van der Waals surface area contributed by atoms with Crippen LogP contribution in [-0.2, 0) is 9.84 Å². The molecule has 0 aliphatic heterocycles. The van der Waals surface area contributed by atoms with Gasteiger partial charge in [0.2, 0.25) is 0 Å². The molecule has 0 spiro atoms. The quantitative estimate of drug-likeness (QED) is 0.449. The average molecular weight is 273 g/mol. The molecular weight excluding hydrogens is 250 g/mol. The second kappa shape index (κ2) is 5.73. The first-order valence-corrected chi connectivity index (χ1v) is 7.97. The largest absolute Gasteiger partial charge is 0.355 e. The summed E-state index contributed by atoms with van der Waals surface area (Å²) in [6.07, 6.45) is 7.48. The molecule has 1 rings (SSSR count). The van der Waals surface area contributed by atoms with Crippen LogP contribution in [0.4, 0.5) is 0 Å². The van der Waals surface area contributed by atoms with Crippen molar-refractivity contribution < 1.29 is 8.42 Å². The predicted molar refractivity (Wildman–Crippen MR) is 75.6 cm³/mol. The maximum atomic E-state index is 11.6. The second-order valence-corrected chi connectivity index (χ2v) is 7.89. The molecule has 0 amide bonds. The molecule has 0 aromatic carbocycles. The van der Waals surface area contributed by atoms with Crippen molar-refractivity contribution in [2.75, 3.05) is 19.8 Å². The van der Waals surface area contributed by atoms with Crippen LogP contribution in [0, 0.1) is 0 Å². The van der Waals surface area contributed by atoms with E-state index in [9.17, 15) is 8.42 Å². The van der Waals surface area contributed by atoms with Gasteiger partial charge in [0.1, 0.15) is 0 Å². The first-order valence-electron chi connectivity index (χ1n) is 6.08. The lowest BCUT2D eigenvalue weighted by atomic mass is 10.2. The molecule has 1 aliphatic rings. The summed E-state index contributed by atoms with van der Waals surface area (Å²) in [7, 11) is -1.41. The number of aliphatic imine (C=N–C) groups is 1. The van der Waals surface area contributed by atoms with E-state index in [1.54, 1.807) is 20.9 Å². The zero-order chi connectivity index (χ0) is 13.8. The summed E-state index contributed by atoms with van der Waals surface area (Å²) in [4.78, 5) is 4.11. The summed E-state index contributed by atoms with van der Waals surface area (Å²) in [5.41, 5.74) is 0. The van der Waals surface area contributed by atoms with Crippen LogP contribution in [0.2, 0.25) is 0 Å². The molecule has 0 fully saturated rings. The average Bonchev–Trinajstić information content (AvgIpc) is 2.75. The van der Waals surface area contributed by atoms with E-state index in [1.807, 2.05) is 0 Å². The van der Waals surface area contributed by atoms with Crippen molar-refractivity contribution in [3.05, 3.63) is 12.2 Å². The fourth-order valence-corrected chi connectivity index (χ4v) is 1.89. The minimum absolute atomic E-state index is 0.339. The van der Waals surface area contributed by atoms with Crippen molar-refractivity contribution in [2.45, 2.75) is 37.5 Å². The van der Waals surface area contributed by atoms with Gasteiger partial charge < -0.3 is 10.6 Å². The van der Waals surface area contributed by atoms with Gasteiger partial charge in [0.25, 0.3) is 0 Å². The molecule has 0 saturated carbocycles. The number of nitrogens with zero attached hydrogens (tertiary/aromatic N) is 1. The van der Waals surface area contributed by atoms with E-state index in [0.29, 0.717) is 18.5 Å². The van der Waals surface area contributed by atoms with Crippen LogP contribution in [0.3, 0.4) is 0 Å². The third-order valence-electron chi connectivity index (χ3n) is 3.26. The van der Waals surface area contributed by atoms with Gasteiger partial charge in [0, 0.05) is 25.9 Å². The molecule has 6 heteroatoms. The lowest BCUT2D eigenvalue weighted by molar-refractivity contribution is 0.541. The summed E-state index contributed by atoms with van der Waals surface area (Å²) < 4.78 is 22.4. The fraction of sp³-hybridized carbons (Fsp3) is 0.750. The Morgan fingerprint density at radius 2 is 1.94 bits per heavy atom. The Kier molecular flexibility index (Phi) is 4.78. The molecule has 0 heterocycles. The smallest absolute Gasteiger partial charge is 0.191 e. The number of sulfone groups is 1. The number of nitrogens with one attached hydrogen (secondary N) is 2. The van der Waals surface area contributed by atoms with Gasteiger partial charge >= 0.3 is 0 Å². The van der Waals surface area contributed by atoms with Crippen molar-refractivity contribution in [2.24, 2.45) is 4.99 Å². The topological polar surface area (TPSA) is 70.6 Å². The van der Waals surface area contributed by atoms with Crippen LogP contribution in [0.5, 0.6) is 0 Å². The maximum absolute atomic E-state index is 11.6. The van der Waals surface area contributed by atoms with Gasteiger partial charge in [-0.2, -0.15) is 0 Å². The first kappa shape index (κ1) is 15.0. The summed E-state index contributed by atoms with van der Waals surface area (Å²) >= 11 is 0. The van der Waals surface area contributed by atoms with Crippen molar-refractivity contribution in [3.63, 3.8) is 0 Å². The molecule has 0 aromatic heterocycles. The van der Waals surface area contributed by atoms with E-state index in [1.165, 1.54) is 6.26 Å². The number of guanidine groups is 1. The highest BCUT2D eigenvalue weighted by atomic mass is 32.2. The molecule has 104 valence electrons. The molecule has 1 aliphatic carbocycles. The standard InChI is InChI=1S/C12H23N3O2S/c1-12(2,18(4,16)17)9-14-11(13-3)15-10-7-5-6-8-10/h5-6,10H,7-9H2,1-4H3,(H2,13,14,15). The number of hydrogen-bond acceptors (Lipinski definition) is 3. The second-order valence-electron chi connectivity index (χ2n) is 5.24. The van der Waals surface area contributed by atoms with Crippen LogP contribution < -0.4 is 10.6 Å². The Balaban J connectivity index is 2.50. The molecule has 0 radical (unpaired) electrons. The highest BCUT2D eigenvalue weighted by Crippen LogP contribution is 2.13. The van der Waals surface area contributed by atoms with E-state index in [0.717, 1.165) is 12.8 Å². The summed E-state index contributed by atoms with van der Waals surface area (Å²) in [5, 5.41) is 6.35. The minimum atomic E-state index is -3.09. The highest BCUT2D eigenvalue weighted by Gasteiger charge is 2.30. The molecule has 0 saturated heterocycles. The molecule has 0 bridgehead atoms. The highest BCUT2D eigenvalue weighted by molar-refractivity contribution is 7.92. The van der Waals surface area contributed by atoms with Gasteiger partial charge in [-0.05, 0) is 26.7 Å². The van der Waals surface area contributed by atoms with Gasteiger partial charge in [-0.25, -0.2) is 8.42 Å². The van der Waals surface area contributed by atoms with Crippen LogP contribution in [0.25, 0.3) is 0 Å². The normalized spacial score (nSPS) is 18.1. The van der Waals surface area contributed by atoms with E-state index in [4.69, 9.17) is 0 Å². The minimum Gasteiger partial charge on any atom is -0.355 e. The van der Waals surface area contributed by atoms with Crippen molar-refractivity contribution in [1.82, 2.24) is 10.6 Å². The molecule has 5 nitrogen and oxygen atoms in total. The predicted octanol–water partition coefficient (Wildman–Crippen LogP) is 0.693. The zero-order valence-electron chi connectivity index (χ0n) is 11.5. The molecule has 2 N–H and O–H groups in total. The van der Waals surface area contributed by atoms with E-state index >= 15 is 0 Å². The summed E-state index contributed by atoms with van der Waals surface area (Å²) in [6, 6.07) is 0.359. The molecular formula is C12H23N3O2S. The molecule has 0 unspecified atom stereocenters. The Labute approximate surface area is 110 Å². The van der Waals surface area contributed by atoms with Gasteiger partial charge in [-0.3, -0.25) is 4.99 Å². The molecule has 0 aromatic rings. The zero-order valence-corrected chi connectivity index (χ0v) is 12.3. The lowest BCUT2D eigenvalue weighted by Crippen LogP contribution is -2.49. The third kappa shape index (κ3) is 4.01. The van der Waals surface area contributed by atoms with Gasteiger partial charge in [0.05, 0.1) is 4.75 Å². The first-order chi connectivity index (χ1) is 8.26. The van der Waals surface area contributed by atoms with E-state index < -0.39 is 14.6 Å². The van der Waals surface area contributed by atoms with Gasteiger partial charge in [-0.1, -0.05) is 12.2 Å². The maximum Gasteiger partial charge on any atom is 0.191 e. The van der Waals surface area contributed by atoms with Gasteiger partial charge in [-0.15, -0.1) is 0 Å². The summed E-state index contributed by atoms with van der Waals surface area (Å²) in [6.45, 7) is 3.76. The van der Waals surface area contributed by atoms with Crippen LogP contribution in [0.15, 0.2) is 17.1 Å². The molecule has 0 atom stereocenters. The lowest BCUT2D eigenvalue weighted by Gasteiger charge is -2.25. The van der Waals surface area contributed by atoms with Crippen molar-refractivity contribution in [3.8, 4) is 0 Å². The fourth-order valence-electron chi connectivity index (χ4n) is 1.55. The number of rotatable bonds is 4. The van der Waals surface area contributed by atoms with E-state index in [2.05, 4.69) is 27.8 Å². The Bertz CT molecular complexity index is 430. The Hall–Kier alpha value is -1.04. The van der Waals surface area contributed by atoms with Crippen molar-refractivity contribution >= 4 is 15.8 Å². The van der Waals surface area contributed by atoms with Crippen LogP contribution >= 0.6 is 0 Å². The molecule has 18 heavy (non-hydrogen) atoms. The van der Waals surface area contributed by atoms with Crippen LogP contribution in [0.1, 0.15) is 26.7 Å². The SMILES string of the molecule is CN=C(NCC(C)(C)S(C)(=O)=O)NC1CC=CC1. The van der Waals surface area contributed by atoms with E-state index in [-0.39, 0.29) is 0 Å². The summed E-state index contributed by atoms with van der Waals surface area (Å²) in [5.74, 6) is 0.653. The van der Waals surface area contributed by atoms with Crippen LogP contribution in [-0.4, -0.2) is 45.0 Å². The number of hydrogen-bond donors (Lipinski definition) is 2. The Morgan fingerprint density at radius 3 is 2.39 bits per heavy atom. The Morgan fingerprint density at radius 1 is 1.39 bits per heavy atom.